The molecular weight excluding hydrogens is 356 g/mol. The van der Waals surface area contributed by atoms with Crippen molar-refractivity contribution in [1.82, 2.24) is 15.1 Å². The van der Waals surface area contributed by atoms with Gasteiger partial charge in [0.15, 0.2) is 0 Å². The normalized spacial score (nSPS) is 17.6. The molecule has 1 fully saturated rings. The topological polar surface area (TPSA) is 87.9 Å². The first-order valence-electron chi connectivity index (χ1n) is 8.73. The Morgan fingerprint density at radius 2 is 2.23 bits per heavy atom. The molecule has 0 saturated carbocycles. The van der Waals surface area contributed by atoms with E-state index in [0.717, 1.165) is 24.9 Å². The second-order valence-electron chi connectivity index (χ2n) is 6.59. The number of hydrogen-bond acceptors (Lipinski definition) is 4. The number of primary amides is 1. The van der Waals surface area contributed by atoms with Crippen LogP contribution in [-0.2, 0) is 11.3 Å². The SMILES string of the molecule is COc1ccc(Cl)cc1CN(C)C(=O)NCCN1CCC[C@@H](C(N)=O)C1. The Hall–Kier alpha value is -1.99. The fraction of sp³-hybridized carbons (Fsp3) is 0.556. The van der Waals surface area contributed by atoms with Gasteiger partial charge >= 0.3 is 6.03 Å². The lowest BCUT2D eigenvalue weighted by Gasteiger charge is -2.31. The van der Waals surface area contributed by atoms with Crippen LogP contribution in [-0.4, -0.2) is 62.1 Å². The molecule has 3 N–H and O–H groups in total. The number of benzene rings is 1. The minimum atomic E-state index is -0.242. The molecule has 0 spiro atoms. The number of likely N-dealkylation sites (tertiary alicyclic amines) is 1. The van der Waals surface area contributed by atoms with Gasteiger partial charge in [-0.05, 0) is 37.6 Å². The number of urea groups is 1. The van der Waals surface area contributed by atoms with Gasteiger partial charge in [-0.25, -0.2) is 4.79 Å². The standard InChI is InChI=1S/C18H27ClN4O3/c1-22(11-14-10-15(19)5-6-16(14)26-2)18(25)21-7-9-23-8-3-4-13(12-23)17(20)24/h5-6,10,13H,3-4,7-9,11-12H2,1-2H3,(H2,20,24)(H,21,25)/t13-/m1/s1. The summed E-state index contributed by atoms with van der Waals surface area (Å²) in [4.78, 5) is 27.4. The van der Waals surface area contributed by atoms with Gasteiger partial charge in [-0.2, -0.15) is 0 Å². The van der Waals surface area contributed by atoms with Crippen LogP contribution in [0.25, 0.3) is 0 Å². The average molecular weight is 383 g/mol. The zero-order valence-corrected chi connectivity index (χ0v) is 16.1. The van der Waals surface area contributed by atoms with Gasteiger partial charge in [-0.1, -0.05) is 11.6 Å². The highest BCUT2D eigenvalue weighted by Gasteiger charge is 2.23. The van der Waals surface area contributed by atoms with Crippen molar-refractivity contribution in [3.05, 3.63) is 28.8 Å². The van der Waals surface area contributed by atoms with Crippen LogP contribution in [0.4, 0.5) is 4.79 Å². The van der Waals surface area contributed by atoms with Crippen molar-refractivity contribution in [1.29, 1.82) is 0 Å². The van der Waals surface area contributed by atoms with Gasteiger partial charge < -0.3 is 25.6 Å². The van der Waals surface area contributed by atoms with Gasteiger partial charge in [0.1, 0.15) is 5.75 Å². The van der Waals surface area contributed by atoms with Crippen LogP contribution in [0.2, 0.25) is 5.02 Å². The van der Waals surface area contributed by atoms with Crippen molar-refractivity contribution in [3.8, 4) is 5.75 Å². The number of rotatable bonds is 7. The third kappa shape index (κ3) is 5.78. The number of halogens is 1. The first-order valence-corrected chi connectivity index (χ1v) is 9.11. The third-order valence-electron chi connectivity index (χ3n) is 4.61. The Balaban J connectivity index is 1.79. The summed E-state index contributed by atoms with van der Waals surface area (Å²) in [6, 6.07) is 5.16. The average Bonchev–Trinajstić information content (AvgIpc) is 2.62. The number of amides is 3. The zero-order valence-electron chi connectivity index (χ0n) is 15.3. The number of piperidine rings is 1. The molecule has 144 valence electrons. The van der Waals surface area contributed by atoms with Crippen LogP contribution in [0.5, 0.6) is 5.75 Å². The molecule has 0 bridgehead atoms. The maximum Gasteiger partial charge on any atom is 0.317 e. The van der Waals surface area contributed by atoms with Gasteiger partial charge in [0.25, 0.3) is 0 Å². The minimum Gasteiger partial charge on any atom is -0.496 e. The monoisotopic (exact) mass is 382 g/mol. The molecule has 0 aromatic heterocycles. The van der Waals surface area contributed by atoms with Crippen LogP contribution >= 0.6 is 11.6 Å². The number of nitrogens with zero attached hydrogens (tertiary/aromatic N) is 2. The fourth-order valence-corrected chi connectivity index (χ4v) is 3.34. The summed E-state index contributed by atoms with van der Waals surface area (Å²) < 4.78 is 5.31. The van der Waals surface area contributed by atoms with Crippen LogP contribution in [0.1, 0.15) is 18.4 Å². The summed E-state index contributed by atoms with van der Waals surface area (Å²) >= 11 is 6.03. The number of carbonyl (C=O) groups is 2. The molecule has 1 aromatic carbocycles. The molecular formula is C18H27ClN4O3. The first-order chi connectivity index (χ1) is 12.4. The van der Waals surface area contributed by atoms with Crippen LogP contribution in [0, 0.1) is 5.92 Å². The maximum atomic E-state index is 12.3. The molecule has 1 aliphatic heterocycles. The summed E-state index contributed by atoms with van der Waals surface area (Å²) in [6.45, 7) is 3.20. The predicted octanol–water partition coefficient (Wildman–Crippen LogP) is 1.69. The van der Waals surface area contributed by atoms with Crippen molar-refractivity contribution in [2.24, 2.45) is 11.7 Å². The third-order valence-corrected chi connectivity index (χ3v) is 4.84. The molecule has 1 saturated heterocycles. The zero-order chi connectivity index (χ0) is 19.1. The lowest BCUT2D eigenvalue weighted by molar-refractivity contribution is -0.123. The lowest BCUT2D eigenvalue weighted by Crippen LogP contribution is -2.45. The second-order valence-corrected chi connectivity index (χ2v) is 7.02. The van der Waals surface area contributed by atoms with Crippen molar-refractivity contribution in [3.63, 3.8) is 0 Å². The van der Waals surface area contributed by atoms with Crippen LogP contribution in [0.15, 0.2) is 18.2 Å². The molecule has 0 unspecified atom stereocenters. The Kier molecular flexibility index (Phi) is 7.53. The van der Waals surface area contributed by atoms with Crippen LogP contribution in [0.3, 0.4) is 0 Å². The molecule has 2 rings (SSSR count). The van der Waals surface area contributed by atoms with E-state index >= 15 is 0 Å². The van der Waals surface area contributed by atoms with E-state index in [0.29, 0.717) is 37.0 Å². The highest BCUT2D eigenvalue weighted by molar-refractivity contribution is 6.30. The predicted molar refractivity (Wildman–Crippen MR) is 101 cm³/mol. The molecule has 8 heteroatoms. The number of nitrogens with one attached hydrogen (secondary N) is 1. The highest BCUT2D eigenvalue weighted by atomic mass is 35.5. The molecule has 26 heavy (non-hydrogen) atoms. The smallest absolute Gasteiger partial charge is 0.317 e. The fourth-order valence-electron chi connectivity index (χ4n) is 3.14. The Labute approximate surface area is 159 Å². The molecule has 0 radical (unpaired) electrons. The molecule has 1 aliphatic rings. The van der Waals surface area contributed by atoms with Crippen molar-refractivity contribution >= 4 is 23.5 Å². The van der Waals surface area contributed by atoms with Crippen LogP contribution < -0.4 is 15.8 Å². The van der Waals surface area contributed by atoms with E-state index in [1.807, 2.05) is 0 Å². The Bertz CT molecular complexity index is 641. The van der Waals surface area contributed by atoms with Gasteiger partial charge in [0.2, 0.25) is 5.91 Å². The van der Waals surface area contributed by atoms with Crippen molar-refractivity contribution < 1.29 is 14.3 Å². The Morgan fingerprint density at radius 3 is 2.92 bits per heavy atom. The minimum absolute atomic E-state index is 0.0857. The number of methoxy groups -OCH3 is 1. The van der Waals surface area contributed by atoms with Gasteiger partial charge in [-0.15, -0.1) is 0 Å². The largest absolute Gasteiger partial charge is 0.496 e. The van der Waals surface area contributed by atoms with Crippen molar-refractivity contribution in [2.75, 3.05) is 40.3 Å². The van der Waals surface area contributed by atoms with Gasteiger partial charge in [0.05, 0.1) is 19.6 Å². The summed E-state index contributed by atoms with van der Waals surface area (Å²) in [5.41, 5.74) is 6.24. The summed E-state index contributed by atoms with van der Waals surface area (Å²) in [7, 11) is 3.31. The van der Waals surface area contributed by atoms with E-state index in [9.17, 15) is 9.59 Å². The van der Waals surface area contributed by atoms with Gasteiger partial charge in [0, 0.05) is 37.3 Å². The number of ether oxygens (including phenoxy) is 1. The van der Waals surface area contributed by atoms with E-state index in [2.05, 4.69) is 10.2 Å². The maximum absolute atomic E-state index is 12.3. The van der Waals surface area contributed by atoms with E-state index in [4.69, 9.17) is 22.1 Å². The van der Waals surface area contributed by atoms with E-state index in [1.165, 1.54) is 0 Å². The van der Waals surface area contributed by atoms with Gasteiger partial charge in [-0.3, -0.25) is 4.79 Å². The highest BCUT2D eigenvalue weighted by Crippen LogP contribution is 2.23. The van der Waals surface area contributed by atoms with E-state index in [1.54, 1.807) is 37.3 Å². The second kappa shape index (κ2) is 9.64. The number of carbonyl (C=O) groups excluding carboxylic acids is 2. The summed E-state index contributed by atoms with van der Waals surface area (Å²) in [6.07, 6.45) is 1.80. The molecule has 1 heterocycles. The first kappa shape index (κ1) is 20.3. The molecule has 7 nitrogen and oxygen atoms in total. The molecule has 0 aliphatic carbocycles. The van der Waals surface area contributed by atoms with E-state index in [-0.39, 0.29) is 17.9 Å². The lowest BCUT2D eigenvalue weighted by atomic mass is 9.97. The Morgan fingerprint density at radius 1 is 1.46 bits per heavy atom. The van der Waals surface area contributed by atoms with Crippen molar-refractivity contribution in [2.45, 2.75) is 19.4 Å². The summed E-state index contributed by atoms with van der Waals surface area (Å²) in [5.74, 6) is 0.367. The number of hydrogen-bond donors (Lipinski definition) is 2. The summed E-state index contributed by atoms with van der Waals surface area (Å²) in [5, 5.41) is 3.50. The molecule has 1 atom stereocenters. The molecule has 3 amide bonds. The quantitative estimate of drug-likeness (QED) is 0.751. The van der Waals surface area contributed by atoms with E-state index < -0.39 is 0 Å². The molecule has 1 aromatic rings. The number of nitrogens with two attached hydrogens (primary N) is 1.